The Balaban J connectivity index is 1.42. The van der Waals surface area contributed by atoms with E-state index in [1.165, 1.54) is 37.7 Å². The number of rotatable bonds is 4. The van der Waals surface area contributed by atoms with Crippen molar-refractivity contribution in [1.29, 1.82) is 0 Å². The van der Waals surface area contributed by atoms with Crippen molar-refractivity contribution >= 4 is 15.9 Å². The fourth-order valence-corrected chi connectivity index (χ4v) is 6.18. The topological polar surface area (TPSA) is 66.5 Å². The third-order valence-electron chi connectivity index (χ3n) is 6.61. The summed E-state index contributed by atoms with van der Waals surface area (Å²) in [6.07, 6.45) is 11.2. The van der Waals surface area contributed by atoms with Crippen LogP contribution >= 0.6 is 0 Å². The number of carbonyl (C=O) groups is 1. The lowest BCUT2D eigenvalue weighted by Crippen LogP contribution is -2.52. The largest absolute Gasteiger partial charge is 0.338 e. The van der Waals surface area contributed by atoms with Crippen LogP contribution in [0.2, 0.25) is 0 Å². The molecule has 2 fully saturated rings. The summed E-state index contributed by atoms with van der Waals surface area (Å²) >= 11 is 0. The average Bonchev–Trinajstić information content (AvgIpc) is 2.71. The van der Waals surface area contributed by atoms with Gasteiger partial charge in [0.15, 0.2) is 0 Å². The summed E-state index contributed by atoms with van der Waals surface area (Å²) in [6, 6.07) is 5.71. The Kier molecular flexibility index (Phi) is 5.55. The zero-order valence-corrected chi connectivity index (χ0v) is 16.8. The minimum atomic E-state index is -3.65. The van der Waals surface area contributed by atoms with Crippen molar-refractivity contribution in [3.8, 4) is 0 Å². The fourth-order valence-electron chi connectivity index (χ4n) is 5.15. The Hall–Kier alpha value is -1.40. The van der Waals surface area contributed by atoms with Gasteiger partial charge in [0, 0.05) is 12.6 Å². The fraction of sp³-hybridized carbons (Fsp3) is 0.667. The molecule has 0 aromatic heterocycles. The van der Waals surface area contributed by atoms with Crippen molar-refractivity contribution in [1.82, 2.24) is 9.62 Å². The normalized spacial score (nSPS) is 25.6. The highest BCUT2D eigenvalue weighted by Crippen LogP contribution is 2.35. The van der Waals surface area contributed by atoms with Gasteiger partial charge in [-0.3, -0.25) is 4.79 Å². The maximum absolute atomic E-state index is 12.8. The highest BCUT2D eigenvalue weighted by molar-refractivity contribution is 7.89. The van der Waals surface area contributed by atoms with Gasteiger partial charge in [-0.1, -0.05) is 18.9 Å². The van der Waals surface area contributed by atoms with Gasteiger partial charge >= 0.3 is 0 Å². The van der Waals surface area contributed by atoms with Gasteiger partial charge in [-0.25, -0.2) is 13.1 Å². The monoisotopic (exact) mass is 390 g/mol. The number of nitrogens with one attached hydrogen (secondary N) is 1. The van der Waals surface area contributed by atoms with Crippen LogP contribution in [0.1, 0.15) is 62.5 Å². The second kappa shape index (κ2) is 7.92. The number of amides is 1. The number of benzene rings is 1. The standard InChI is InChI=1S/C21H30N2O3S/c24-21(23-13-5-9-17-7-3-4-10-20(17)23)15-22-27(25,26)19-12-11-16-6-1-2-8-18(16)14-19/h11-12,14,17,20,22H,1-10,13,15H2/t17-,20+/m1/s1. The smallest absolute Gasteiger partial charge is 0.241 e. The van der Waals surface area contributed by atoms with Gasteiger partial charge in [0.05, 0.1) is 11.4 Å². The van der Waals surface area contributed by atoms with E-state index in [2.05, 4.69) is 4.72 Å². The van der Waals surface area contributed by atoms with Crippen molar-refractivity contribution in [2.45, 2.75) is 75.1 Å². The number of nitrogens with zero attached hydrogens (tertiary/aromatic N) is 1. The second-order valence-electron chi connectivity index (χ2n) is 8.30. The molecule has 0 bridgehead atoms. The SMILES string of the molecule is O=C(CNS(=O)(=O)c1ccc2c(c1)CCCC2)N1CCC[C@H]2CCCC[C@@H]21. The summed E-state index contributed by atoms with van der Waals surface area (Å²) < 4.78 is 28.0. The molecule has 0 spiro atoms. The van der Waals surface area contributed by atoms with E-state index in [0.29, 0.717) is 12.0 Å². The average molecular weight is 391 g/mol. The number of piperidine rings is 1. The molecule has 1 N–H and O–H groups in total. The quantitative estimate of drug-likeness (QED) is 0.859. The predicted molar refractivity (Wildman–Crippen MR) is 105 cm³/mol. The molecular weight excluding hydrogens is 360 g/mol. The summed E-state index contributed by atoms with van der Waals surface area (Å²) in [5.74, 6) is 0.529. The number of likely N-dealkylation sites (tertiary alicyclic amines) is 1. The maximum atomic E-state index is 12.8. The van der Waals surface area contributed by atoms with Crippen LogP contribution in [0.3, 0.4) is 0 Å². The molecule has 148 valence electrons. The molecule has 0 radical (unpaired) electrons. The maximum Gasteiger partial charge on any atom is 0.241 e. The van der Waals surface area contributed by atoms with E-state index in [1.807, 2.05) is 11.0 Å². The molecule has 4 rings (SSSR count). The molecule has 1 saturated carbocycles. The number of carbonyl (C=O) groups excluding carboxylic acids is 1. The van der Waals surface area contributed by atoms with Crippen LogP contribution in [0.25, 0.3) is 0 Å². The lowest BCUT2D eigenvalue weighted by Gasteiger charge is -2.44. The first-order valence-corrected chi connectivity index (χ1v) is 11.9. The Morgan fingerprint density at radius 3 is 2.59 bits per heavy atom. The highest BCUT2D eigenvalue weighted by Gasteiger charge is 2.35. The van der Waals surface area contributed by atoms with Crippen LogP contribution < -0.4 is 4.72 Å². The Bertz CT molecular complexity index is 804. The van der Waals surface area contributed by atoms with Crippen molar-refractivity contribution in [2.24, 2.45) is 5.92 Å². The zero-order valence-electron chi connectivity index (χ0n) is 16.0. The molecule has 1 aliphatic heterocycles. The first-order chi connectivity index (χ1) is 13.0. The third kappa shape index (κ3) is 4.06. The van der Waals surface area contributed by atoms with Crippen LogP contribution in [0.15, 0.2) is 23.1 Å². The first-order valence-electron chi connectivity index (χ1n) is 10.5. The van der Waals surface area contributed by atoms with Crippen LogP contribution in [-0.2, 0) is 27.7 Å². The van der Waals surface area contributed by atoms with Crippen LogP contribution in [0.5, 0.6) is 0 Å². The van der Waals surface area contributed by atoms with E-state index >= 15 is 0 Å². The number of aryl methyl sites for hydroxylation is 2. The molecule has 1 saturated heterocycles. The molecule has 2 aliphatic carbocycles. The van der Waals surface area contributed by atoms with E-state index in [1.54, 1.807) is 12.1 Å². The zero-order chi connectivity index (χ0) is 18.9. The molecular formula is C21H30N2O3S. The molecule has 5 nitrogen and oxygen atoms in total. The second-order valence-corrected chi connectivity index (χ2v) is 10.1. The number of hydrogen-bond donors (Lipinski definition) is 1. The van der Waals surface area contributed by atoms with Gasteiger partial charge in [0.2, 0.25) is 15.9 Å². The van der Waals surface area contributed by atoms with Gasteiger partial charge in [0.25, 0.3) is 0 Å². The minimum Gasteiger partial charge on any atom is -0.338 e. The number of fused-ring (bicyclic) bond motifs is 2. The highest BCUT2D eigenvalue weighted by atomic mass is 32.2. The van der Waals surface area contributed by atoms with Crippen LogP contribution in [0, 0.1) is 5.92 Å². The Morgan fingerprint density at radius 1 is 1.00 bits per heavy atom. The molecule has 1 amide bonds. The molecule has 0 unspecified atom stereocenters. The van der Waals surface area contributed by atoms with E-state index in [0.717, 1.165) is 44.2 Å². The van der Waals surface area contributed by atoms with E-state index in [9.17, 15) is 13.2 Å². The molecule has 2 atom stereocenters. The van der Waals surface area contributed by atoms with Crippen LogP contribution in [0.4, 0.5) is 0 Å². The molecule has 27 heavy (non-hydrogen) atoms. The van der Waals surface area contributed by atoms with E-state index < -0.39 is 10.0 Å². The molecule has 1 aromatic rings. The molecule has 6 heteroatoms. The van der Waals surface area contributed by atoms with Gasteiger partial charge in [0.1, 0.15) is 0 Å². The van der Waals surface area contributed by atoms with Gasteiger partial charge < -0.3 is 4.90 Å². The summed E-state index contributed by atoms with van der Waals surface area (Å²) in [5, 5.41) is 0. The van der Waals surface area contributed by atoms with E-state index in [4.69, 9.17) is 0 Å². The predicted octanol–water partition coefficient (Wildman–Crippen LogP) is 3.02. The summed E-state index contributed by atoms with van der Waals surface area (Å²) in [6.45, 7) is 0.628. The number of sulfonamides is 1. The number of hydrogen-bond acceptors (Lipinski definition) is 3. The van der Waals surface area contributed by atoms with Gasteiger partial charge in [-0.05, 0) is 80.5 Å². The minimum absolute atomic E-state index is 0.0758. The lowest BCUT2D eigenvalue weighted by molar-refractivity contribution is -0.136. The molecule has 3 aliphatic rings. The van der Waals surface area contributed by atoms with Crippen molar-refractivity contribution in [3.63, 3.8) is 0 Å². The molecule has 1 aromatic carbocycles. The summed E-state index contributed by atoms with van der Waals surface area (Å²) in [4.78, 5) is 15.0. The third-order valence-corrected chi connectivity index (χ3v) is 8.01. The molecule has 1 heterocycles. The lowest BCUT2D eigenvalue weighted by atomic mass is 9.78. The van der Waals surface area contributed by atoms with Crippen molar-refractivity contribution in [3.05, 3.63) is 29.3 Å². The van der Waals surface area contributed by atoms with Crippen LogP contribution in [-0.4, -0.2) is 38.4 Å². The van der Waals surface area contributed by atoms with Gasteiger partial charge in [-0.2, -0.15) is 0 Å². The summed E-state index contributed by atoms with van der Waals surface area (Å²) in [5.41, 5.74) is 2.39. The van der Waals surface area contributed by atoms with Crippen molar-refractivity contribution in [2.75, 3.05) is 13.1 Å². The van der Waals surface area contributed by atoms with Crippen molar-refractivity contribution < 1.29 is 13.2 Å². The van der Waals surface area contributed by atoms with E-state index in [-0.39, 0.29) is 17.3 Å². The Morgan fingerprint density at radius 2 is 1.74 bits per heavy atom. The Labute approximate surface area is 162 Å². The first kappa shape index (κ1) is 18.9. The van der Waals surface area contributed by atoms with Gasteiger partial charge in [-0.15, -0.1) is 0 Å². The summed E-state index contributed by atoms with van der Waals surface area (Å²) in [7, 11) is -3.65.